The van der Waals surface area contributed by atoms with Crippen LogP contribution in [0.25, 0.3) is 0 Å². The molecule has 0 aromatic carbocycles. The average molecular weight is 183 g/mol. The van der Waals surface area contributed by atoms with Gasteiger partial charge in [-0.1, -0.05) is 0 Å². The van der Waals surface area contributed by atoms with Crippen LogP contribution in [-0.4, -0.2) is 51.4 Å². The highest BCUT2D eigenvalue weighted by atomic mass is 19.2. The van der Waals surface area contributed by atoms with Crippen LogP contribution in [0, 0.1) is 0 Å². The molecule has 0 aliphatic heterocycles. The summed E-state index contributed by atoms with van der Waals surface area (Å²) in [7, 11) is 0. The maximum absolute atomic E-state index is 12.7. The van der Waals surface area contributed by atoms with Crippen molar-refractivity contribution >= 4 is 6.26 Å². The number of carbonyl (C=O) groups excluding carboxylic acids is 1. The summed E-state index contributed by atoms with van der Waals surface area (Å²) in [5, 5.41) is 34.4. The molecule has 0 saturated heterocycles. The molecular formula is C6H11FO5. The van der Waals surface area contributed by atoms with Crippen LogP contribution in [0.3, 0.4) is 0 Å². The predicted octanol–water partition coefficient (Wildman–Crippen LogP) is -2.05. The second kappa shape index (κ2) is 4.46. The third-order valence-corrected chi connectivity index (χ3v) is 1.29. The SMILES string of the molecule is [2H]C(=O)[C@@](O)(F)[C@@H](O)C[C@H](O)CO. The summed E-state index contributed by atoms with van der Waals surface area (Å²) in [6.45, 7) is -0.737. The lowest BCUT2D eigenvalue weighted by Gasteiger charge is -2.20. The zero-order chi connectivity index (χ0) is 10.6. The second-order valence-electron chi connectivity index (χ2n) is 2.36. The smallest absolute Gasteiger partial charge is 0.289 e. The Morgan fingerprint density at radius 1 is 1.67 bits per heavy atom. The first kappa shape index (κ1) is 9.53. The van der Waals surface area contributed by atoms with Crippen molar-refractivity contribution in [2.75, 3.05) is 6.61 Å². The van der Waals surface area contributed by atoms with Crippen molar-refractivity contribution in [1.29, 1.82) is 0 Å². The third kappa shape index (κ3) is 3.22. The molecule has 0 heterocycles. The van der Waals surface area contributed by atoms with Crippen LogP contribution < -0.4 is 0 Å². The van der Waals surface area contributed by atoms with Crippen LogP contribution in [0.2, 0.25) is 0 Å². The van der Waals surface area contributed by atoms with Crippen LogP contribution in [0.5, 0.6) is 0 Å². The molecule has 0 aliphatic carbocycles. The van der Waals surface area contributed by atoms with E-state index in [0.29, 0.717) is 0 Å². The van der Waals surface area contributed by atoms with Crippen molar-refractivity contribution < 1.29 is 31.0 Å². The van der Waals surface area contributed by atoms with Gasteiger partial charge in [-0.3, -0.25) is 4.79 Å². The first-order valence-corrected chi connectivity index (χ1v) is 3.21. The predicted molar refractivity (Wildman–Crippen MR) is 35.8 cm³/mol. The molecule has 0 amide bonds. The topological polar surface area (TPSA) is 98.0 Å². The normalized spacial score (nSPS) is 22.2. The fraction of sp³-hybridized carbons (Fsp3) is 0.833. The van der Waals surface area contributed by atoms with E-state index in [9.17, 15) is 9.18 Å². The maximum atomic E-state index is 12.7. The summed E-state index contributed by atoms with van der Waals surface area (Å²) in [5.41, 5.74) is 0. The number of hydrogen-bond donors (Lipinski definition) is 4. The minimum Gasteiger partial charge on any atom is -0.394 e. The fourth-order valence-corrected chi connectivity index (χ4v) is 0.556. The highest BCUT2D eigenvalue weighted by Gasteiger charge is 2.36. The molecule has 0 saturated carbocycles. The number of aliphatic hydroxyl groups is 4. The van der Waals surface area contributed by atoms with Crippen LogP contribution in [-0.2, 0) is 4.79 Å². The lowest BCUT2D eigenvalue weighted by Crippen LogP contribution is -2.41. The Hall–Kier alpha value is -0.560. The van der Waals surface area contributed by atoms with E-state index in [1.807, 2.05) is 0 Å². The van der Waals surface area contributed by atoms with Crippen molar-refractivity contribution in [3.05, 3.63) is 0 Å². The van der Waals surface area contributed by atoms with E-state index in [4.69, 9.17) is 21.8 Å². The Bertz CT molecular complexity index is 186. The Morgan fingerprint density at radius 3 is 2.50 bits per heavy atom. The second-order valence-corrected chi connectivity index (χ2v) is 2.36. The number of carbonyl (C=O) groups is 1. The van der Waals surface area contributed by atoms with Crippen LogP contribution >= 0.6 is 0 Å². The highest BCUT2D eigenvalue weighted by molar-refractivity contribution is 5.60. The summed E-state index contributed by atoms with van der Waals surface area (Å²) in [4.78, 5) is 10.1. The van der Waals surface area contributed by atoms with E-state index < -0.39 is 37.4 Å². The Labute approximate surface area is 69.5 Å². The Balaban J connectivity index is 4.24. The average Bonchev–Trinajstić information content (AvgIpc) is 2.03. The monoisotopic (exact) mass is 183 g/mol. The minimum atomic E-state index is -3.70. The Kier molecular flexibility index (Phi) is 3.54. The Morgan fingerprint density at radius 2 is 2.17 bits per heavy atom. The van der Waals surface area contributed by atoms with Gasteiger partial charge in [0.1, 0.15) is 7.47 Å². The molecule has 12 heavy (non-hydrogen) atoms. The molecule has 0 fully saturated rings. The molecule has 0 bridgehead atoms. The van der Waals surface area contributed by atoms with Crippen molar-refractivity contribution in [2.24, 2.45) is 0 Å². The van der Waals surface area contributed by atoms with Gasteiger partial charge in [0.25, 0.3) is 5.85 Å². The molecule has 3 atom stereocenters. The number of alkyl halides is 1. The largest absolute Gasteiger partial charge is 0.394 e. The third-order valence-electron chi connectivity index (χ3n) is 1.29. The highest BCUT2D eigenvalue weighted by Crippen LogP contribution is 2.14. The van der Waals surface area contributed by atoms with Crippen molar-refractivity contribution in [1.82, 2.24) is 0 Å². The lowest BCUT2D eigenvalue weighted by molar-refractivity contribution is -0.178. The molecule has 0 aromatic rings. The summed E-state index contributed by atoms with van der Waals surface area (Å²) in [6, 6.07) is 0. The van der Waals surface area contributed by atoms with Crippen LogP contribution in [0.4, 0.5) is 4.39 Å². The van der Waals surface area contributed by atoms with Gasteiger partial charge in [0, 0.05) is 6.42 Å². The molecule has 5 nitrogen and oxygen atoms in total. The van der Waals surface area contributed by atoms with Gasteiger partial charge >= 0.3 is 0 Å². The molecule has 0 unspecified atom stereocenters. The fourth-order valence-electron chi connectivity index (χ4n) is 0.556. The molecule has 0 spiro atoms. The molecule has 6 heteroatoms. The van der Waals surface area contributed by atoms with E-state index in [1.165, 1.54) is 0 Å². The quantitative estimate of drug-likeness (QED) is 0.368. The van der Waals surface area contributed by atoms with Crippen molar-refractivity contribution in [2.45, 2.75) is 24.5 Å². The van der Waals surface area contributed by atoms with Crippen molar-refractivity contribution in [3.8, 4) is 0 Å². The zero-order valence-electron chi connectivity index (χ0n) is 7.14. The summed E-state index contributed by atoms with van der Waals surface area (Å²) in [6.07, 6.45) is -6.39. The van der Waals surface area contributed by atoms with E-state index in [0.717, 1.165) is 0 Å². The number of rotatable bonds is 5. The van der Waals surface area contributed by atoms with E-state index >= 15 is 0 Å². The summed E-state index contributed by atoms with van der Waals surface area (Å²) < 4.78 is 18.9. The summed E-state index contributed by atoms with van der Waals surface area (Å²) >= 11 is 0. The van der Waals surface area contributed by atoms with Gasteiger partial charge < -0.3 is 20.4 Å². The molecule has 0 rings (SSSR count). The standard InChI is InChI=1S/C6H11FO5/c7-6(12,3-9)5(11)1-4(10)2-8/h3-5,8,10-12H,1-2H2/t4-,5-,6-/m0/s1/i3D. The summed E-state index contributed by atoms with van der Waals surface area (Å²) in [5.74, 6) is -3.70. The molecule has 0 aliphatic rings. The number of aldehydes is 1. The maximum Gasteiger partial charge on any atom is 0.289 e. The van der Waals surface area contributed by atoms with Gasteiger partial charge in [0.2, 0.25) is 0 Å². The molecule has 72 valence electrons. The van der Waals surface area contributed by atoms with Gasteiger partial charge in [0.05, 0.1) is 12.7 Å². The van der Waals surface area contributed by atoms with Gasteiger partial charge in [-0.2, -0.15) is 0 Å². The number of hydrogen-bond acceptors (Lipinski definition) is 5. The van der Waals surface area contributed by atoms with E-state index in [1.54, 1.807) is 0 Å². The molecule has 4 N–H and O–H groups in total. The molecular weight excluding hydrogens is 171 g/mol. The first-order chi connectivity index (χ1) is 5.82. The first-order valence-electron chi connectivity index (χ1n) is 3.71. The van der Waals surface area contributed by atoms with E-state index in [2.05, 4.69) is 0 Å². The van der Waals surface area contributed by atoms with Gasteiger partial charge in [-0.05, 0) is 0 Å². The lowest BCUT2D eigenvalue weighted by atomic mass is 10.1. The van der Waals surface area contributed by atoms with Crippen LogP contribution in [0.15, 0.2) is 0 Å². The van der Waals surface area contributed by atoms with Gasteiger partial charge in [-0.15, -0.1) is 0 Å². The molecule has 0 aromatic heterocycles. The van der Waals surface area contributed by atoms with Crippen molar-refractivity contribution in [3.63, 3.8) is 0 Å². The zero-order valence-corrected chi connectivity index (χ0v) is 6.14. The number of aliphatic hydroxyl groups excluding tert-OH is 3. The number of halogens is 1. The van der Waals surface area contributed by atoms with Crippen LogP contribution in [0.1, 0.15) is 7.79 Å². The van der Waals surface area contributed by atoms with Gasteiger partial charge in [-0.25, -0.2) is 4.39 Å². The van der Waals surface area contributed by atoms with Gasteiger partial charge in [0.15, 0.2) is 6.26 Å². The van der Waals surface area contributed by atoms with E-state index in [-0.39, 0.29) is 0 Å². The molecule has 0 radical (unpaired) electrons. The minimum absolute atomic E-state index is 0.728.